The Bertz CT molecular complexity index is 1180. The number of amides is 2. The molecule has 0 bridgehead atoms. The first-order chi connectivity index (χ1) is 15.8. The van der Waals surface area contributed by atoms with Crippen molar-refractivity contribution in [3.05, 3.63) is 70.5 Å². The van der Waals surface area contributed by atoms with E-state index in [4.69, 9.17) is 11.6 Å². The maximum Gasteiger partial charge on any atom is 0.270 e. The lowest BCUT2D eigenvalue weighted by atomic mass is 10.1. The topological polar surface area (TPSA) is 125 Å². The van der Waals surface area contributed by atoms with E-state index in [0.717, 1.165) is 17.1 Å². The normalized spacial score (nSPS) is 16.6. The van der Waals surface area contributed by atoms with Gasteiger partial charge in [0, 0.05) is 29.7 Å². The van der Waals surface area contributed by atoms with E-state index < -0.39 is 35.6 Å². The van der Waals surface area contributed by atoms with Crippen LogP contribution in [0.15, 0.2) is 42.7 Å². The predicted octanol–water partition coefficient (Wildman–Crippen LogP) is 1.05. The fourth-order valence-electron chi connectivity index (χ4n) is 3.52. The van der Waals surface area contributed by atoms with Gasteiger partial charge in [-0.2, -0.15) is 0 Å². The highest BCUT2D eigenvalue weighted by Crippen LogP contribution is 2.23. The Morgan fingerprint density at radius 2 is 2.09 bits per heavy atom. The van der Waals surface area contributed by atoms with E-state index in [-0.39, 0.29) is 25.1 Å². The Morgan fingerprint density at radius 3 is 2.82 bits per heavy atom. The van der Waals surface area contributed by atoms with Gasteiger partial charge in [0.05, 0.1) is 5.69 Å². The molecule has 13 heteroatoms. The Hall–Kier alpha value is -3.48. The third kappa shape index (κ3) is 4.82. The molecule has 0 radical (unpaired) electrons. The molecule has 1 aliphatic rings. The van der Waals surface area contributed by atoms with Crippen molar-refractivity contribution in [1.29, 1.82) is 0 Å². The number of carbonyl (C=O) groups excluding carboxylic acids is 2. The molecule has 0 saturated carbocycles. The first-order valence-electron chi connectivity index (χ1n) is 9.84. The maximum absolute atomic E-state index is 14.0. The minimum atomic E-state index is -1.91. The van der Waals surface area contributed by atoms with Gasteiger partial charge in [-0.3, -0.25) is 14.6 Å². The third-order valence-corrected chi connectivity index (χ3v) is 5.37. The highest BCUT2D eigenvalue weighted by molar-refractivity contribution is 6.30. The smallest absolute Gasteiger partial charge is 0.270 e. The molecule has 1 saturated heterocycles. The van der Waals surface area contributed by atoms with Crippen LogP contribution in [0.2, 0.25) is 5.02 Å². The Kier molecular flexibility index (Phi) is 6.58. The second kappa shape index (κ2) is 9.57. The van der Waals surface area contributed by atoms with Crippen LogP contribution in [0.1, 0.15) is 23.7 Å². The van der Waals surface area contributed by atoms with Crippen molar-refractivity contribution in [2.24, 2.45) is 0 Å². The van der Waals surface area contributed by atoms with Gasteiger partial charge in [0.2, 0.25) is 5.91 Å². The van der Waals surface area contributed by atoms with Crippen LogP contribution in [0.4, 0.5) is 8.78 Å². The summed E-state index contributed by atoms with van der Waals surface area (Å²) in [4.78, 5) is 25.6. The van der Waals surface area contributed by atoms with Crippen molar-refractivity contribution in [2.75, 3.05) is 6.54 Å². The number of hydrogen-bond acceptors (Lipinski definition) is 7. The SMILES string of the molecule is O=C(NCc1cc(Cl)ccc1-n1cnnn1)C1CCNN1C(=O)C(O)c1ccc(F)cc1F. The van der Waals surface area contributed by atoms with E-state index in [1.807, 2.05) is 0 Å². The van der Waals surface area contributed by atoms with Crippen molar-refractivity contribution in [3.63, 3.8) is 0 Å². The lowest BCUT2D eigenvalue weighted by Gasteiger charge is -2.26. The molecule has 0 aliphatic carbocycles. The van der Waals surface area contributed by atoms with Gasteiger partial charge >= 0.3 is 0 Å². The van der Waals surface area contributed by atoms with E-state index in [1.54, 1.807) is 18.2 Å². The maximum atomic E-state index is 14.0. The average Bonchev–Trinajstić information content (AvgIpc) is 3.49. The molecule has 2 heterocycles. The van der Waals surface area contributed by atoms with Crippen LogP contribution in [0.5, 0.6) is 0 Å². The second-order valence-electron chi connectivity index (χ2n) is 7.23. The molecule has 0 spiro atoms. The van der Waals surface area contributed by atoms with Crippen molar-refractivity contribution in [2.45, 2.75) is 25.1 Å². The summed E-state index contributed by atoms with van der Waals surface area (Å²) < 4.78 is 28.6. The summed E-state index contributed by atoms with van der Waals surface area (Å²) in [6.45, 7) is 0.345. The van der Waals surface area contributed by atoms with Gasteiger partial charge in [0.1, 0.15) is 24.0 Å². The summed E-state index contributed by atoms with van der Waals surface area (Å²) in [6.07, 6.45) is -0.247. The van der Waals surface area contributed by atoms with E-state index in [2.05, 4.69) is 26.3 Å². The summed E-state index contributed by atoms with van der Waals surface area (Å²) in [5, 5.41) is 25.5. The largest absolute Gasteiger partial charge is 0.378 e. The molecule has 4 rings (SSSR count). The number of halogens is 3. The molecule has 3 aromatic rings. The first-order valence-corrected chi connectivity index (χ1v) is 10.2. The standard InChI is InChI=1S/C20H18ClF2N7O3/c21-12-1-4-16(29-10-25-27-28-29)11(7-12)9-24-19(32)17-5-6-26-30(17)20(33)18(31)14-3-2-13(22)8-15(14)23/h1-4,7-8,10,17-18,26,31H,5-6,9H2,(H,24,32). The molecule has 2 amide bonds. The predicted molar refractivity (Wildman–Crippen MR) is 111 cm³/mol. The Balaban J connectivity index is 1.47. The molecular weight excluding hydrogens is 460 g/mol. The molecule has 2 unspecified atom stereocenters. The monoisotopic (exact) mass is 477 g/mol. The van der Waals surface area contributed by atoms with E-state index in [9.17, 15) is 23.5 Å². The Morgan fingerprint density at radius 1 is 1.27 bits per heavy atom. The minimum absolute atomic E-state index is 0.0578. The van der Waals surface area contributed by atoms with Crippen LogP contribution in [-0.4, -0.2) is 54.7 Å². The van der Waals surface area contributed by atoms with E-state index >= 15 is 0 Å². The van der Waals surface area contributed by atoms with Gasteiger partial charge in [-0.1, -0.05) is 17.7 Å². The van der Waals surface area contributed by atoms with Crippen molar-refractivity contribution < 1.29 is 23.5 Å². The first kappa shape index (κ1) is 22.7. The molecule has 33 heavy (non-hydrogen) atoms. The lowest BCUT2D eigenvalue weighted by molar-refractivity contribution is -0.148. The van der Waals surface area contributed by atoms with Gasteiger partial charge in [0.25, 0.3) is 5.91 Å². The number of carbonyl (C=O) groups is 2. The third-order valence-electron chi connectivity index (χ3n) is 5.13. The highest BCUT2D eigenvalue weighted by Gasteiger charge is 2.38. The van der Waals surface area contributed by atoms with Crippen molar-refractivity contribution in [1.82, 2.24) is 36.0 Å². The number of hydrogen-bond donors (Lipinski definition) is 3. The summed E-state index contributed by atoms with van der Waals surface area (Å²) in [6, 6.07) is 6.53. The summed E-state index contributed by atoms with van der Waals surface area (Å²) in [5.41, 5.74) is 3.56. The molecule has 2 aromatic carbocycles. The zero-order valence-corrected chi connectivity index (χ0v) is 17.7. The van der Waals surface area contributed by atoms with Crippen LogP contribution in [0, 0.1) is 11.6 Å². The second-order valence-corrected chi connectivity index (χ2v) is 7.67. The molecule has 3 N–H and O–H groups in total. The van der Waals surface area contributed by atoms with E-state index in [0.29, 0.717) is 22.3 Å². The quantitative estimate of drug-likeness (QED) is 0.484. The fourth-order valence-corrected chi connectivity index (χ4v) is 3.71. The summed E-state index contributed by atoms with van der Waals surface area (Å²) >= 11 is 6.08. The van der Waals surface area contributed by atoms with Gasteiger partial charge in [-0.25, -0.2) is 18.9 Å². The van der Waals surface area contributed by atoms with Crippen LogP contribution in [0.3, 0.4) is 0 Å². The molecule has 2 atom stereocenters. The Labute approximate surface area is 191 Å². The van der Waals surface area contributed by atoms with Gasteiger partial charge in [-0.05, 0) is 46.7 Å². The molecule has 1 aliphatic heterocycles. The van der Waals surface area contributed by atoms with Gasteiger partial charge < -0.3 is 10.4 Å². The molecule has 172 valence electrons. The zero-order valence-electron chi connectivity index (χ0n) is 17.0. The number of aromatic nitrogens is 4. The number of benzene rings is 2. The molecule has 1 aromatic heterocycles. The summed E-state index contributed by atoms with van der Waals surface area (Å²) in [5.74, 6) is -3.33. The van der Waals surface area contributed by atoms with Crippen LogP contribution in [-0.2, 0) is 16.1 Å². The van der Waals surface area contributed by atoms with Crippen LogP contribution >= 0.6 is 11.6 Å². The number of tetrazole rings is 1. The van der Waals surface area contributed by atoms with E-state index in [1.165, 1.54) is 11.0 Å². The number of rotatable bonds is 6. The lowest BCUT2D eigenvalue weighted by Crippen LogP contribution is -2.51. The summed E-state index contributed by atoms with van der Waals surface area (Å²) in [7, 11) is 0. The van der Waals surface area contributed by atoms with Crippen molar-refractivity contribution in [3.8, 4) is 5.69 Å². The fraction of sp³-hybridized carbons (Fsp3) is 0.250. The van der Waals surface area contributed by atoms with Crippen LogP contribution < -0.4 is 10.7 Å². The van der Waals surface area contributed by atoms with Crippen LogP contribution in [0.25, 0.3) is 5.69 Å². The zero-order chi connectivity index (χ0) is 23.5. The minimum Gasteiger partial charge on any atom is -0.378 e. The van der Waals surface area contributed by atoms with Crippen molar-refractivity contribution >= 4 is 23.4 Å². The molecular formula is C20H18ClF2N7O3. The van der Waals surface area contributed by atoms with Gasteiger partial charge in [0.15, 0.2) is 6.10 Å². The molecule has 10 nitrogen and oxygen atoms in total. The average molecular weight is 478 g/mol. The number of aliphatic hydroxyl groups excluding tert-OH is 1. The number of nitrogens with zero attached hydrogens (tertiary/aromatic N) is 5. The van der Waals surface area contributed by atoms with Gasteiger partial charge in [-0.15, -0.1) is 5.10 Å². The number of nitrogens with one attached hydrogen (secondary N) is 2. The highest BCUT2D eigenvalue weighted by atomic mass is 35.5. The molecule has 1 fully saturated rings. The number of aliphatic hydroxyl groups is 1. The number of hydrazine groups is 1.